The fraction of sp³-hybridized carbons (Fsp3) is 0. The maximum Gasteiger partial charge on any atom is 0.159 e. The van der Waals surface area contributed by atoms with Gasteiger partial charge < -0.3 is 0 Å². The Hall–Kier alpha value is -2.07. The predicted octanol–water partition coefficient (Wildman–Crippen LogP) is 4.71. The van der Waals surface area contributed by atoms with E-state index in [1.165, 1.54) is 6.07 Å². The third kappa shape index (κ3) is 2.60. The largest absolute Gasteiger partial charge is 0.236 e. The van der Waals surface area contributed by atoms with Gasteiger partial charge in [0.25, 0.3) is 0 Å². The summed E-state index contributed by atoms with van der Waals surface area (Å²) in [6.07, 6.45) is 3.49. The van der Waals surface area contributed by atoms with Crippen molar-refractivity contribution < 1.29 is 4.39 Å². The lowest BCUT2D eigenvalue weighted by atomic mass is 10.1. The third-order valence-corrected chi connectivity index (χ3v) is 3.54. The van der Waals surface area contributed by atoms with Crippen molar-refractivity contribution in [1.29, 1.82) is 0 Å². The maximum atomic E-state index is 13.2. The van der Waals surface area contributed by atoms with Crippen molar-refractivity contribution in [2.75, 3.05) is 0 Å². The van der Waals surface area contributed by atoms with Gasteiger partial charge >= 0.3 is 0 Å². The van der Waals surface area contributed by atoms with E-state index in [0.717, 1.165) is 16.7 Å². The van der Waals surface area contributed by atoms with Crippen LogP contribution in [0.4, 0.5) is 4.39 Å². The summed E-state index contributed by atoms with van der Waals surface area (Å²) in [6, 6.07) is 14.6. The van der Waals surface area contributed by atoms with Gasteiger partial charge in [-0.05, 0) is 33.6 Å². The topological polar surface area (TPSA) is 25.8 Å². The summed E-state index contributed by atoms with van der Waals surface area (Å²) in [6.45, 7) is 0. The van der Waals surface area contributed by atoms with E-state index in [4.69, 9.17) is 0 Å². The zero-order valence-electron chi connectivity index (χ0n) is 10.4. The van der Waals surface area contributed by atoms with Crippen LogP contribution in [0.3, 0.4) is 0 Å². The molecule has 98 valence electrons. The summed E-state index contributed by atoms with van der Waals surface area (Å²) in [4.78, 5) is 8.71. The molecule has 20 heavy (non-hydrogen) atoms. The Bertz CT molecular complexity index is 727. The Kier molecular flexibility index (Phi) is 3.56. The van der Waals surface area contributed by atoms with Crippen molar-refractivity contribution in [3.63, 3.8) is 0 Å². The third-order valence-electron chi connectivity index (χ3n) is 2.94. The van der Waals surface area contributed by atoms with Crippen LogP contribution in [0.2, 0.25) is 0 Å². The van der Waals surface area contributed by atoms with Crippen molar-refractivity contribution in [2.45, 2.75) is 0 Å². The summed E-state index contributed by atoms with van der Waals surface area (Å²) in [5.74, 6) is 0.395. The number of hydrogen-bond donors (Lipinski definition) is 0. The minimum absolute atomic E-state index is 0.282. The molecule has 2 nitrogen and oxygen atoms in total. The molecule has 3 aromatic rings. The van der Waals surface area contributed by atoms with Gasteiger partial charge in [0.05, 0.1) is 4.47 Å². The molecular formula is C16H10BrFN2. The maximum absolute atomic E-state index is 13.2. The van der Waals surface area contributed by atoms with Crippen LogP contribution in [0.5, 0.6) is 0 Å². The van der Waals surface area contributed by atoms with E-state index < -0.39 is 0 Å². The molecule has 1 heterocycles. The van der Waals surface area contributed by atoms with Crippen LogP contribution < -0.4 is 0 Å². The van der Waals surface area contributed by atoms with Gasteiger partial charge in [0.1, 0.15) is 5.82 Å². The van der Waals surface area contributed by atoms with Crippen LogP contribution in [0.15, 0.2) is 65.4 Å². The van der Waals surface area contributed by atoms with Crippen molar-refractivity contribution >= 4 is 15.9 Å². The van der Waals surface area contributed by atoms with Crippen LogP contribution in [-0.4, -0.2) is 9.97 Å². The van der Waals surface area contributed by atoms with Gasteiger partial charge in [0.15, 0.2) is 5.82 Å². The van der Waals surface area contributed by atoms with Crippen LogP contribution in [0.25, 0.3) is 22.5 Å². The second kappa shape index (κ2) is 5.51. The molecule has 0 amide bonds. The number of nitrogens with zero attached hydrogens (tertiary/aromatic N) is 2. The van der Waals surface area contributed by atoms with Crippen molar-refractivity contribution in [2.24, 2.45) is 0 Å². The molecular weight excluding hydrogens is 319 g/mol. The quantitative estimate of drug-likeness (QED) is 0.680. The molecule has 0 spiro atoms. The molecule has 0 atom stereocenters. The molecule has 0 fully saturated rings. The molecule has 0 N–H and O–H groups in total. The summed E-state index contributed by atoms with van der Waals surface area (Å²) < 4.78 is 13.7. The standard InChI is InChI=1S/C16H10BrFN2/c17-14-8-12(6-7-15(14)18)13-9-19-16(20-10-13)11-4-2-1-3-5-11/h1-10H. The van der Waals surface area contributed by atoms with E-state index in [1.54, 1.807) is 24.5 Å². The Morgan fingerprint density at radius 1 is 0.800 bits per heavy atom. The van der Waals surface area contributed by atoms with Crippen LogP contribution >= 0.6 is 15.9 Å². The first-order chi connectivity index (χ1) is 9.74. The van der Waals surface area contributed by atoms with Gasteiger partial charge in [-0.25, -0.2) is 14.4 Å². The number of halogens is 2. The molecule has 0 radical (unpaired) electrons. The fourth-order valence-corrected chi connectivity index (χ4v) is 2.27. The summed E-state index contributed by atoms with van der Waals surface area (Å²) in [5.41, 5.74) is 2.70. The zero-order valence-corrected chi connectivity index (χ0v) is 12.0. The molecule has 1 aromatic heterocycles. The molecule has 4 heteroatoms. The number of aromatic nitrogens is 2. The van der Waals surface area contributed by atoms with Gasteiger partial charge in [-0.3, -0.25) is 0 Å². The van der Waals surface area contributed by atoms with E-state index in [1.807, 2.05) is 30.3 Å². The average Bonchev–Trinajstić information content (AvgIpc) is 2.51. The van der Waals surface area contributed by atoms with E-state index >= 15 is 0 Å². The lowest BCUT2D eigenvalue weighted by molar-refractivity contribution is 0.621. The first kappa shape index (κ1) is 12.9. The van der Waals surface area contributed by atoms with Crippen molar-refractivity contribution in [3.8, 4) is 22.5 Å². The molecule has 0 bridgehead atoms. The number of rotatable bonds is 2. The van der Waals surface area contributed by atoms with E-state index in [2.05, 4.69) is 25.9 Å². The summed E-state index contributed by atoms with van der Waals surface area (Å²) in [5, 5.41) is 0. The van der Waals surface area contributed by atoms with Crippen LogP contribution in [0, 0.1) is 5.82 Å². The summed E-state index contributed by atoms with van der Waals surface area (Å²) in [7, 11) is 0. The normalized spacial score (nSPS) is 10.5. The number of hydrogen-bond acceptors (Lipinski definition) is 2. The predicted molar refractivity (Wildman–Crippen MR) is 80.6 cm³/mol. The number of benzene rings is 2. The van der Waals surface area contributed by atoms with Crippen LogP contribution in [0.1, 0.15) is 0 Å². The van der Waals surface area contributed by atoms with E-state index in [9.17, 15) is 4.39 Å². The van der Waals surface area contributed by atoms with Gasteiger partial charge in [-0.15, -0.1) is 0 Å². The summed E-state index contributed by atoms with van der Waals surface area (Å²) >= 11 is 3.18. The first-order valence-electron chi connectivity index (χ1n) is 6.07. The monoisotopic (exact) mass is 328 g/mol. The molecule has 3 rings (SSSR count). The highest BCUT2D eigenvalue weighted by atomic mass is 79.9. The SMILES string of the molecule is Fc1ccc(-c2cnc(-c3ccccc3)nc2)cc1Br. The fourth-order valence-electron chi connectivity index (χ4n) is 1.89. The lowest BCUT2D eigenvalue weighted by Crippen LogP contribution is -1.90. The molecule has 0 aliphatic carbocycles. The van der Waals surface area contributed by atoms with E-state index in [-0.39, 0.29) is 5.82 Å². The molecule has 0 aliphatic rings. The lowest BCUT2D eigenvalue weighted by Gasteiger charge is -2.04. The molecule has 0 saturated carbocycles. The minimum Gasteiger partial charge on any atom is -0.236 e. The molecule has 2 aromatic carbocycles. The highest BCUT2D eigenvalue weighted by Gasteiger charge is 2.05. The first-order valence-corrected chi connectivity index (χ1v) is 6.86. The highest BCUT2D eigenvalue weighted by molar-refractivity contribution is 9.10. The Balaban J connectivity index is 1.95. The smallest absolute Gasteiger partial charge is 0.159 e. The van der Waals surface area contributed by atoms with Crippen molar-refractivity contribution in [1.82, 2.24) is 9.97 Å². The van der Waals surface area contributed by atoms with Gasteiger partial charge in [-0.1, -0.05) is 36.4 Å². The molecule has 0 saturated heterocycles. The Labute approximate surface area is 124 Å². The second-order valence-electron chi connectivity index (χ2n) is 4.29. The Morgan fingerprint density at radius 3 is 2.15 bits per heavy atom. The van der Waals surface area contributed by atoms with Gasteiger partial charge in [0, 0.05) is 23.5 Å². The van der Waals surface area contributed by atoms with Crippen molar-refractivity contribution in [3.05, 3.63) is 71.2 Å². The highest BCUT2D eigenvalue weighted by Crippen LogP contribution is 2.25. The Morgan fingerprint density at radius 2 is 1.50 bits per heavy atom. The van der Waals surface area contributed by atoms with Gasteiger partial charge in [0.2, 0.25) is 0 Å². The average molecular weight is 329 g/mol. The molecule has 0 unspecified atom stereocenters. The van der Waals surface area contributed by atoms with E-state index in [0.29, 0.717) is 10.3 Å². The second-order valence-corrected chi connectivity index (χ2v) is 5.14. The zero-order chi connectivity index (χ0) is 13.9. The van der Waals surface area contributed by atoms with Gasteiger partial charge in [-0.2, -0.15) is 0 Å². The van der Waals surface area contributed by atoms with Crippen LogP contribution in [-0.2, 0) is 0 Å². The minimum atomic E-state index is -0.282. The molecule has 0 aliphatic heterocycles.